The number of sulfone groups is 1. The smallest absolute Gasteiger partial charge is 0.264 e. The zero-order chi connectivity index (χ0) is 41.3. The largest absolute Gasteiger partial charge is 0.380 e. The maximum Gasteiger partial charge on any atom is 0.264 e. The summed E-state index contributed by atoms with van der Waals surface area (Å²) in [5.41, 5.74) is 4.99. The lowest BCUT2D eigenvalue weighted by Crippen LogP contribution is -2.46. The molecule has 58 heavy (non-hydrogen) atoms. The second kappa shape index (κ2) is 19.6. The average Bonchev–Trinajstić information content (AvgIpc) is 3.23. The summed E-state index contributed by atoms with van der Waals surface area (Å²) in [5, 5.41) is 4.10. The van der Waals surface area contributed by atoms with Crippen molar-refractivity contribution in [2.24, 2.45) is 0 Å². The van der Waals surface area contributed by atoms with Crippen LogP contribution in [0.4, 0.5) is 11.4 Å². The molecule has 1 aliphatic rings. The van der Waals surface area contributed by atoms with Gasteiger partial charge in [0.25, 0.3) is 15.9 Å². The fraction of sp³-hybridized carbons (Fsp3) is 0.295. The Kier molecular flexibility index (Phi) is 14.6. The Morgan fingerprint density at radius 1 is 0.828 bits per heavy atom. The molecule has 2 N–H and O–H groups in total. The fourth-order valence-corrected chi connectivity index (χ4v) is 10.1. The van der Waals surface area contributed by atoms with Crippen LogP contribution in [0.3, 0.4) is 0 Å². The number of thioether (sulfide) groups is 1. The van der Waals surface area contributed by atoms with Crippen LogP contribution in [0.1, 0.15) is 29.3 Å². The van der Waals surface area contributed by atoms with Crippen LogP contribution in [-0.2, 0) is 26.4 Å². The predicted octanol–water partition coefficient (Wildman–Crippen LogP) is 7.77. The zero-order valence-electron chi connectivity index (χ0n) is 33.0. The molecular formula is C44H50ClN5O5S3. The van der Waals surface area contributed by atoms with E-state index in [1.165, 1.54) is 30.2 Å². The summed E-state index contributed by atoms with van der Waals surface area (Å²) >= 11 is 7.78. The van der Waals surface area contributed by atoms with Crippen molar-refractivity contribution in [3.05, 3.63) is 137 Å². The second-order valence-corrected chi connectivity index (χ2v) is 20.0. The maximum atomic E-state index is 13.6. The molecule has 14 heteroatoms. The molecule has 0 bridgehead atoms. The first kappa shape index (κ1) is 43.2. The topological polar surface area (TPSA) is 119 Å². The minimum Gasteiger partial charge on any atom is -0.380 e. The minimum absolute atomic E-state index is 0.115. The van der Waals surface area contributed by atoms with Crippen molar-refractivity contribution >= 4 is 60.5 Å². The number of anilines is 2. The normalized spacial score (nSPS) is 14.3. The van der Waals surface area contributed by atoms with Gasteiger partial charge in [0.1, 0.15) is 0 Å². The van der Waals surface area contributed by atoms with Crippen LogP contribution in [0.5, 0.6) is 0 Å². The molecule has 0 aromatic heterocycles. The van der Waals surface area contributed by atoms with Gasteiger partial charge in [-0.2, -0.15) is 0 Å². The van der Waals surface area contributed by atoms with Crippen molar-refractivity contribution in [2.75, 3.05) is 68.5 Å². The minimum atomic E-state index is -4.42. The predicted molar refractivity (Wildman–Crippen MR) is 237 cm³/mol. The van der Waals surface area contributed by atoms with Crippen LogP contribution in [0, 0.1) is 0 Å². The van der Waals surface area contributed by atoms with E-state index >= 15 is 0 Å². The van der Waals surface area contributed by atoms with Gasteiger partial charge in [-0.25, -0.2) is 21.6 Å². The Balaban J connectivity index is 1.09. The van der Waals surface area contributed by atoms with Gasteiger partial charge in [-0.05, 0) is 110 Å². The Labute approximate surface area is 352 Å². The quantitative estimate of drug-likeness (QED) is 0.0899. The molecule has 0 unspecified atom stereocenters. The van der Waals surface area contributed by atoms with E-state index in [1.807, 2.05) is 86.9 Å². The first-order chi connectivity index (χ1) is 27.8. The van der Waals surface area contributed by atoms with Crippen molar-refractivity contribution in [1.29, 1.82) is 0 Å². The number of carbonyl (C=O) groups excluding carboxylic acids is 1. The molecule has 1 aliphatic heterocycles. The molecule has 306 valence electrons. The van der Waals surface area contributed by atoms with E-state index in [4.69, 9.17) is 11.6 Å². The summed E-state index contributed by atoms with van der Waals surface area (Å²) in [6.45, 7) is 6.38. The molecule has 10 nitrogen and oxygen atoms in total. The highest BCUT2D eigenvalue weighted by molar-refractivity contribution is 7.99. The van der Waals surface area contributed by atoms with E-state index in [2.05, 4.69) is 42.9 Å². The third kappa shape index (κ3) is 11.4. The van der Waals surface area contributed by atoms with E-state index in [1.54, 1.807) is 23.9 Å². The third-order valence-corrected chi connectivity index (χ3v) is 14.6. The van der Waals surface area contributed by atoms with Crippen molar-refractivity contribution in [1.82, 2.24) is 14.5 Å². The number of hydrogen-bond acceptors (Lipinski definition) is 10. The number of nitrogens with zero attached hydrogens (tertiary/aromatic N) is 3. The van der Waals surface area contributed by atoms with Gasteiger partial charge in [-0.1, -0.05) is 73.1 Å². The van der Waals surface area contributed by atoms with Gasteiger partial charge in [-0.15, -0.1) is 11.8 Å². The SMILES string of the molecule is CCS(=O)(=O)c1cc(S(=O)(=O)NC(=O)c2ccc(N3CCN(Cc4ccccc4-c4ccc(Cl)cc4)CC3)cc2)ccc1N[C@H](CCN(C)C)CSc1ccccc1. The molecule has 1 saturated heterocycles. The summed E-state index contributed by atoms with van der Waals surface area (Å²) in [6.07, 6.45) is 0.727. The highest BCUT2D eigenvalue weighted by Gasteiger charge is 2.26. The fourth-order valence-electron chi connectivity index (χ4n) is 6.78. The maximum absolute atomic E-state index is 13.6. The standard InChI is InChI=1S/C44H50ClN5O5S3/c1-4-57(52,53)43-30-40(22-23-42(43)46-37(24-25-48(2)3)32-56-39-11-6-5-7-12-39)58(54,55)47-44(51)34-16-20-38(21-17-34)50-28-26-49(27-29-50)31-35-10-8-9-13-41(35)33-14-18-36(45)19-15-33/h5-23,30,37,46H,4,24-29,31-32H2,1-3H3,(H,47,51)/t37-/m1/s1. The molecule has 0 saturated carbocycles. The zero-order valence-corrected chi connectivity index (χ0v) is 36.2. The summed E-state index contributed by atoms with van der Waals surface area (Å²) < 4.78 is 56.0. The van der Waals surface area contributed by atoms with Crippen LogP contribution in [-0.4, -0.2) is 96.9 Å². The number of nitrogens with one attached hydrogen (secondary N) is 2. The second-order valence-electron chi connectivity index (χ2n) is 14.5. The first-order valence-electron chi connectivity index (χ1n) is 19.3. The number of piperazine rings is 1. The molecule has 5 aromatic carbocycles. The van der Waals surface area contributed by atoms with Gasteiger partial charge in [-0.3, -0.25) is 9.69 Å². The molecule has 1 fully saturated rings. The van der Waals surface area contributed by atoms with E-state index < -0.39 is 25.8 Å². The highest BCUT2D eigenvalue weighted by atomic mass is 35.5. The lowest BCUT2D eigenvalue weighted by molar-refractivity contribution is 0.0981. The van der Waals surface area contributed by atoms with Crippen molar-refractivity contribution in [3.8, 4) is 11.1 Å². The van der Waals surface area contributed by atoms with Gasteiger partial charge in [0.05, 0.1) is 21.2 Å². The summed E-state index contributed by atoms with van der Waals surface area (Å²) in [6, 6.07) is 37.0. The summed E-state index contributed by atoms with van der Waals surface area (Å²) in [4.78, 5) is 20.7. The molecule has 5 aromatic rings. The monoisotopic (exact) mass is 859 g/mol. The van der Waals surface area contributed by atoms with E-state index in [0.29, 0.717) is 16.5 Å². The van der Waals surface area contributed by atoms with Gasteiger partial charge in [0.2, 0.25) is 0 Å². The van der Waals surface area contributed by atoms with Gasteiger partial charge in [0, 0.05) is 65.7 Å². The van der Waals surface area contributed by atoms with Crippen molar-refractivity contribution in [3.63, 3.8) is 0 Å². The molecule has 0 radical (unpaired) electrons. The average molecular weight is 861 g/mol. The van der Waals surface area contributed by atoms with E-state index in [-0.39, 0.29) is 27.1 Å². The van der Waals surface area contributed by atoms with Crippen LogP contribution in [0.2, 0.25) is 5.02 Å². The van der Waals surface area contributed by atoms with Gasteiger partial charge in [0.15, 0.2) is 9.84 Å². The number of halogens is 1. The Morgan fingerprint density at radius 2 is 1.50 bits per heavy atom. The molecule has 0 aliphatic carbocycles. The van der Waals surface area contributed by atoms with Crippen LogP contribution in [0.15, 0.2) is 136 Å². The lowest BCUT2D eigenvalue weighted by atomic mass is 9.99. The van der Waals surface area contributed by atoms with E-state index in [0.717, 1.165) is 67.9 Å². The molecule has 1 atom stereocenters. The molecule has 0 spiro atoms. The Hall–Kier alpha value is -4.37. The van der Waals surface area contributed by atoms with E-state index in [9.17, 15) is 21.6 Å². The lowest BCUT2D eigenvalue weighted by Gasteiger charge is -2.36. The number of benzene rings is 5. The molecular weight excluding hydrogens is 810 g/mol. The van der Waals surface area contributed by atoms with Crippen molar-refractivity contribution < 1.29 is 21.6 Å². The van der Waals surface area contributed by atoms with Gasteiger partial charge >= 0.3 is 0 Å². The van der Waals surface area contributed by atoms with Crippen LogP contribution >= 0.6 is 23.4 Å². The number of rotatable bonds is 17. The number of hydrogen-bond donors (Lipinski definition) is 2. The van der Waals surface area contributed by atoms with Gasteiger partial charge < -0.3 is 15.1 Å². The number of sulfonamides is 1. The molecule has 6 rings (SSSR count). The number of carbonyl (C=O) groups is 1. The molecule has 1 heterocycles. The summed E-state index contributed by atoms with van der Waals surface area (Å²) in [5.74, 6) is -0.368. The van der Waals surface area contributed by atoms with Crippen molar-refractivity contribution in [2.45, 2.75) is 40.6 Å². The Morgan fingerprint density at radius 3 is 2.17 bits per heavy atom. The summed E-state index contributed by atoms with van der Waals surface area (Å²) in [7, 11) is -4.32. The number of amides is 1. The first-order valence-corrected chi connectivity index (χ1v) is 23.8. The third-order valence-electron chi connectivity index (χ3n) is 10.1. The van der Waals surface area contributed by atoms with Crippen LogP contribution in [0.25, 0.3) is 11.1 Å². The van der Waals surface area contributed by atoms with Crippen LogP contribution < -0.4 is 14.9 Å². The molecule has 1 amide bonds. The highest BCUT2D eigenvalue weighted by Crippen LogP contribution is 2.30. The Bertz CT molecular complexity index is 2370.